The van der Waals surface area contributed by atoms with E-state index in [2.05, 4.69) is 205 Å². The van der Waals surface area contributed by atoms with Gasteiger partial charge in [-0.25, -0.2) is 0 Å². The van der Waals surface area contributed by atoms with Crippen molar-refractivity contribution in [3.05, 3.63) is 188 Å². The lowest BCUT2D eigenvalue weighted by molar-refractivity contribution is 1.21. The van der Waals surface area contributed by atoms with Gasteiger partial charge in [-0.05, 0) is 70.8 Å². The average molecular weight is 579 g/mol. The fourth-order valence-electron chi connectivity index (χ4n) is 6.08. The molecule has 0 N–H and O–H groups in total. The summed E-state index contributed by atoms with van der Waals surface area (Å²) in [7, 11) is 2.13. The standard InChI is InChI=1S/C43H34N2/c1-44(35-17-5-2-6-18-35)42-27-15-13-24-39(42)34-31-29-33(30-32-34)38-23-11-12-25-40(38)41-26-14-16-28-43(41)45(36-19-7-3-8-20-36)37-21-9-4-10-22-37/h2-32H,1H3. The van der Waals surface area contributed by atoms with E-state index in [9.17, 15) is 0 Å². The van der Waals surface area contributed by atoms with Crippen molar-refractivity contribution in [2.45, 2.75) is 0 Å². The van der Waals surface area contributed by atoms with E-state index in [4.69, 9.17) is 0 Å². The topological polar surface area (TPSA) is 6.48 Å². The molecule has 0 aromatic heterocycles. The minimum absolute atomic E-state index is 1.12. The molecule has 0 saturated heterocycles. The predicted octanol–water partition coefficient (Wildman–Crippen LogP) is 11.9. The molecule has 7 aromatic carbocycles. The summed E-state index contributed by atoms with van der Waals surface area (Å²) in [6.07, 6.45) is 0. The Labute approximate surface area is 266 Å². The van der Waals surface area contributed by atoms with E-state index >= 15 is 0 Å². The molecular formula is C43H34N2. The zero-order valence-electron chi connectivity index (χ0n) is 25.3. The SMILES string of the molecule is CN(c1ccccc1)c1ccccc1-c1ccc(-c2ccccc2-c2ccccc2N(c2ccccc2)c2ccccc2)cc1. The lowest BCUT2D eigenvalue weighted by atomic mass is 9.92. The molecule has 2 heteroatoms. The molecule has 0 aliphatic rings. The second-order valence-corrected chi connectivity index (χ2v) is 11.1. The second kappa shape index (κ2) is 12.8. The lowest BCUT2D eigenvalue weighted by Crippen LogP contribution is -2.11. The number of rotatable bonds is 8. The molecule has 45 heavy (non-hydrogen) atoms. The van der Waals surface area contributed by atoms with Crippen LogP contribution in [0.3, 0.4) is 0 Å². The van der Waals surface area contributed by atoms with Gasteiger partial charge in [0.1, 0.15) is 0 Å². The van der Waals surface area contributed by atoms with Crippen molar-refractivity contribution in [2.24, 2.45) is 0 Å². The van der Waals surface area contributed by atoms with Crippen LogP contribution in [-0.2, 0) is 0 Å². The summed E-state index contributed by atoms with van der Waals surface area (Å²) in [6.45, 7) is 0. The van der Waals surface area contributed by atoms with Crippen molar-refractivity contribution < 1.29 is 0 Å². The van der Waals surface area contributed by atoms with Crippen LogP contribution >= 0.6 is 0 Å². The highest BCUT2D eigenvalue weighted by Crippen LogP contribution is 2.43. The molecule has 0 aliphatic carbocycles. The average Bonchev–Trinajstić information content (AvgIpc) is 3.13. The third-order valence-electron chi connectivity index (χ3n) is 8.31. The monoisotopic (exact) mass is 578 g/mol. The van der Waals surface area contributed by atoms with Crippen molar-refractivity contribution in [1.29, 1.82) is 0 Å². The molecule has 0 radical (unpaired) electrons. The first-order valence-corrected chi connectivity index (χ1v) is 15.4. The summed E-state index contributed by atoms with van der Waals surface area (Å²) >= 11 is 0. The fourth-order valence-corrected chi connectivity index (χ4v) is 6.08. The first kappa shape index (κ1) is 27.9. The largest absolute Gasteiger partial charge is 0.344 e. The molecular weight excluding hydrogens is 544 g/mol. The Morgan fingerprint density at radius 1 is 0.289 bits per heavy atom. The van der Waals surface area contributed by atoms with E-state index in [0.29, 0.717) is 0 Å². The molecule has 0 bridgehead atoms. The van der Waals surface area contributed by atoms with Crippen molar-refractivity contribution in [2.75, 3.05) is 16.8 Å². The van der Waals surface area contributed by atoms with E-state index in [1.807, 2.05) is 0 Å². The van der Waals surface area contributed by atoms with Crippen LogP contribution in [0.2, 0.25) is 0 Å². The van der Waals surface area contributed by atoms with Gasteiger partial charge >= 0.3 is 0 Å². The molecule has 0 saturated carbocycles. The smallest absolute Gasteiger partial charge is 0.0540 e. The van der Waals surface area contributed by atoms with Gasteiger partial charge in [0, 0.05) is 40.9 Å². The van der Waals surface area contributed by atoms with Crippen molar-refractivity contribution in [1.82, 2.24) is 0 Å². The zero-order valence-corrected chi connectivity index (χ0v) is 25.3. The molecule has 7 rings (SSSR count). The normalized spacial score (nSPS) is 10.8. The highest BCUT2D eigenvalue weighted by Gasteiger charge is 2.19. The van der Waals surface area contributed by atoms with Crippen LogP contribution in [0, 0.1) is 0 Å². The van der Waals surface area contributed by atoms with Crippen LogP contribution < -0.4 is 9.80 Å². The molecule has 0 spiro atoms. The van der Waals surface area contributed by atoms with Gasteiger partial charge in [0.25, 0.3) is 0 Å². The number of para-hydroxylation sites is 5. The molecule has 0 atom stereocenters. The maximum atomic E-state index is 2.34. The van der Waals surface area contributed by atoms with Gasteiger partial charge < -0.3 is 9.80 Å². The van der Waals surface area contributed by atoms with E-state index in [0.717, 1.165) is 22.7 Å². The Morgan fingerprint density at radius 2 is 0.667 bits per heavy atom. The van der Waals surface area contributed by atoms with E-state index < -0.39 is 0 Å². The number of nitrogens with zero attached hydrogens (tertiary/aromatic N) is 2. The molecule has 0 amide bonds. The summed E-state index contributed by atoms with van der Waals surface area (Å²) in [5.41, 5.74) is 12.9. The van der Waals surface area contributed by atoms with Gasteiger partial charge in [-0.1, -0.05) is 140 Å². The van der Waals surface area contributed by atoms with E-state index in [-0.39, 0.29) is 0 Å². The second-order valence-electron chi connectivity index (χ2n) is 11.1. The van der Waals surface area contributed by atoms with Gasteiger partial charge in [-0.3, -0.25) is 0 Å². The Morgan fingerprint density at radius 3 is 1.22 bits per heavy atom. The minimum Gasteiger partial charge on any atom is -0.344 e. The van der Waals surface area contributed by atoms with Crippen LogP contribution in [0.15, 0.2) is 188 Å². The number of benzene rings is 7. The molecule has 216 valence electrons. The van der Waals surface area contributed by atoms with Gasteiger partial charge in [-0.2, -0.15) is 0 Å². The maximum absolute atomic E-state index is 2.34. The Hall–Kier alpha value is -5.86. The fraction of sp³-hybridized carbons (Fsp3) is 0.0233. The van der Waals surface area contributed by atoms with Crippen LogP contribution in [-0.4, -0.2) is 7.05 Å². The van der Waals surface area contributed by atoms with Gasteiger partial charge in [-0.15, -0.1) is 0 Å². The van der Waals surface area contributed by atoms with Crippen molar-refractivity contribution in [3.63, 3.8) is 0 Å². The number of hydrogen-bond acceptors (Lipinski definition) is 2. The zero-order chi connectivity index (χ0) is 30.4. The van der Waals surface area contributed by atoms with Crippen LogP contribution in [0.5, 0.6) is 0 Å². The molecule has 0 aliphatic heterocycles. The summed E-state index contributed by atoms with van der Waals surface area (Å²) in [5.74, 6) is 0. The highest BCUT2D eigenvalue weighted by atomic mass is 15.1. The lowest BCUT2D eigenvalue weighted by Gasteiger charge is -2.28. The molecule has 2 nitrogen and oxygen atoms in total. The van der Waals surface area contributed by atoms with Crippen molar-refractivity contribution >= 4 is 28.4 Å². The number of anilines is 5. The Kier molecular flexibility index (Phi) is 7.94. The van der Waals surface area contributed by atoms with Crippen LogP contribution in [0.25, 0.3) is 33.4 Å². The summed E-state index contributed by atoms with van der Waals surface area (Å²) < 4.78 is 0. The number of hydrogen-bond donors (Lipinski definition) is 0. The summed E-state index contributed by atoms with van der Waals surface area (Å²) in [4.78, 5) is 4.59. The summed E-state index contributed by atoms with van der Waals surface area (Å²) in [6, 6.07) is 66.7. The van der Waals surface area contributed by atoms with Crippen LogP contribution in [0.4, 0.5) is 28.4 Å². The van der Waals surface area contributed by atoms with Crippen LogP contribution in [0.1, 0.15) is 0 Å². The van der Waals surface area contributed by atoms with Gasteiger partial charge in [0.2, 0.25) is 0 Å². The molecule has 0 fully saturated rings. The minimum atomic E-state index is 1.12. The summed E-state index contributed by atoms with van der Waals surface area (Å²) in [5, 5.41) is 0. The Bertz CT molecular complexity index is 1960. The highest BCUT2D eigenvalue weighted by molar-refractivity contribution is 5.94. The third kappa shape index (κ3) is 5.74. The van der Waals surface area contributed by atoms with Gasteiger partial charge in [0.05, 0.1) is 5.69 Å². The first-order valence-electron chi connectivity index (χ1n) is 15.4. The predicted molar refractivity (Wildman–Crippen MR) is 192 cm³/mol. The molecule has 7 aromatic rings. The quantitative estimate of drug-likeness (QED) is 0.177. The Balaban J connectivity index is 1.29. The maximum Gasteiger partial charge on any atom is 0.0540 e. The molecule has 0 heterocycles. The van der Waals surface area contributed by atoms with Gasteiger partial charge in [0.15, 0.2) is 0 Å². The first-order chi connectivity index (χ1) is 22.3. The van der Waals surface area contributed by atoms with E-state index in [1.165, 1.54) is 39.1 Å². The molecule has 0 unspecified atom stereocenters. The van der Waals surface area contributed by atoms with Crippen molar-refractivity contribution in [3.8, 4) is 33.4 Å². The third-order valence-corrected chi connectivity index (χ3v) is 8.31. The van der Waals surface area contributed by atoms with E-state index in [1.54, 1.807) is 0 Å².